The van der Waals surface area contributed by atoms with Crippen LogP contribution in [0.15, 0.2) is 29.1 Å². The number of pyridine rings is 1. The standard InChI is InChI=1S/C13H16BrN5O/c1-9-4-11(14)6-15-12(9)17-13(20)18(2)7-10-5-16-19(3)8-10/h4-6,8H,7H2,1-3H3,(H,15,17,20). The van der Waals surface area contributed by atoms with Crippen molar-refractivity contribution in [3.8, 4) is 0 Å². The lowest BCUT2D eigenvalue weighted by atomic mass is 10.3. The van der Waals surface area contributed by atoms with Gasteiger partial charge < -0.3 is 4.90 Å². The lowest BCUT2D eigenvalue weighted by Gasteiger charge is -2.17. The molecule has 0 aliphatic rings. The molecule has 2 aromatic heterocycles. The van der Waals surface area contributed by atoms with E-state index in [1.165, 1.54) is 0 Å². The molecule has 0 atom stereocenters. The molecule has 7 heteroatoms. The van der Waals surface area contributed by atoms with Crippen LogP contribution in [0, 0.1) is 6.92 Å². The Kier molecular flexibility index (Phi) is 4.39. The molecule has 2 aromatic rings. The molecule has 0 aliphatic carbocycles. The Morgan fingerprint density at radius 2 is 2.25 bits per heavy atom. The smallest absolute Gasteiger partial charge is 0.323 e. The maximum Gasteiger partial charge on any atom is 0.323 e. The molecule has 0 spiro atoms. The van der Waals surface area contributed by atoms with Crippen LogP contribution in [0.3, 0.4) is 0 Å². The molecule has 2 rings (SSSR count). The van der Waals surface area contributed by atoms with Gasteiger partial charge in [-0.25, -0.2) is 9.78 Å². The molecule has 0 fully saturated rings. The summed E-state index contributed by atoms with van der Waals surface area (Å²) in [6.07, 6.45) is 5.28. The fourth-order valence-electron chi connectivity index (χ4n) is 1.77. The van der Waals surface area contributed by atoms with Crippen LogP contribution in [-0.4, -0.2) is 32.7 Å². The number of nitrogens with zero attached hydrogens (tertiary/aromatic N) is 4. The number of hydrogen-bond donors (Lipinski definition) is 1. The molecular weight excluding hydrogens is 322 g/mol. The summed E-state index contributed by atoms with van der Waals surface area (Å²) in [7, 11) is 3.58. The number of amides is 2. The molecule has 0 bridgehead atoms. The second-order valence-corrected chi connectivity index (χ2v) is 5.54. The summed E-state index contributed by atoms with van der Waals surface area (Å²) in [6.45, 7) is 2.39. The minimum Gasteiger partial charge on any atom is -0.323 e. The van der Waals surface area contributed by atoms with Crippen molar-refractivity contribution in [3.63, 3.8) is 0 Å². The Morgan fingerprint density at radius 3 is 2.85 bits per heavy atom. The van der Waals surface area contributed by atoms with Gasteiger partial charge in [0.1, 0.15) is 5.82 Å². The van der Waals surface area contributed by atoms with Crippen molar-refractivity contribution in [2.45, 2.75) is 13.5 Å². The third-order valence-corrected chi connectivity index (χ3v) is 3.23. The van der Waals surface area contributed by atoms with Crippen molar-refractivity contribution < 1.29 is 4.79 Å². The van der Waals surface area contributed by atoms with E-state index in [-0.39, 0.29) is 6.03 Å². The molecule has 20 heavy (non-hydrogen) atoms. The van der Waals surface area contributed by atoms with Crippen LogP contribution in [0.1, 0.15) is 11.1 Å². The molecule has 6 nitrogen and oxygen atoms in total. The zero-order chi connectivity index (χ0) is 14.7. The maximum absolute atomic E-state index is 12.1. The van der Waals surface area contributed by atoms with Crippen molar-refractivity contribution in [2.75, 3.05) is 12.4 Å². The van der Waals surface area contributed by atoms with Gasteiger partial charge in [0.05, 0.1) is 12.7 Å². The highest BCUT2D eigenvalue weighted by molar-refractivity contribution is 9.10. The summed E-state index contributed by atoms with van der Waals surface area (Å²) < 4.78 is 2.60. The minimum absolute atomic E-state index is 0.202. The van der Waals surface area contributed by atoms with E-state index < -0.39 is 0 Å². The minimum atomic E-state index is -0.202. The summed E-state index contributed by atoms with van der Waals surface area (Å²) in [4.78, 5) is 17.9. The second kappa shape index (κ2) is 6.04. The lowest BCUT2D eigenvalue weighted by Crippen LogP contribution is -2.31. The number of carbonyl (C=O) groups is 1. The zero-order valence-electron chi connectivity index (χ0n) is 11.6. The quantitative estimate of drug-likeness (QED) is 0.936. The number of nitrogens with one attached hydrogen (secondary N) is 1. The summed E-state index contributed by atoms with van der Waals surface area (Å²) >= 11 is 3.34. The average Bonchev–Trinajstić information content (AvgIpc) is 2.78. The van der Waals surface area contributed by atoms with Crippen molar-refractivity contribution in [1.82, 2.24) is 19.7 Å². The first-order valence-electron chi connectivity index (χ1n) is 6.07. The predicted octanol–water partition coefficient (Wildman–Crippen LogP) is 2.55. The monoisotopic (exact) mass is 337 g/mol. The van der Waals surface area contributed by atoms with E-state index in [2.05, 4.69) is 31.3 Å². The molecule has 0 saturated carbocycles. The molecular formula is C13H16BrN5O. The highest BCUT2D eigenvalue weighted by Crippen LogP contribution is 2.17. The molecule has 0 unspecified atom stereocenters. The van der Waals surface area contributed by atoms with E-state index in [4.69, 9.17) is 0 Å². The van der Waals surface area contributed by atoms with Gasteiger partial charge in [-0.1, -0.05) is 0 Å². The van der Waals surface area contributed by atoms with Gasteiger partial charge >= 0.3 is 6.03 Å². The van der Waals surface area contributed by atoms with E-state index in [9.17, 15) is 4.79 Å². The van der Waals surface area contributed by atoms with Gasteiger partial charge in [-0.05, 0) is 34.5 Å². The molecule has 0 aromatic carbocycles. The van der Waals surface area contributed by atoms with Crippen LogP contribution in [0.5, 0.6) is 0 Å². The first kappa shape index (κ1) is 14.5. The van der Waals surface area contributed by atoms with Crippen LogP contribution in [0.2, 0.25) is 0 Å². The molecule has 106 valence electrons. The lowest BCUT2D eigenvalue weighted by molar-refractivity contribution is 0.220. The predicted molar refractivity (Wildman–Crippen MR) is 80.4 cm³/mol. The van der Waals surface area contributed by atoms with Crippen molar-refractivity contribution in [1.29, 1.82) is 0 Å². The van der Waals surface area contributed by atoms with E-state index >= 15 is 0 Å². The Hall–Kier alpha value is -1.89. The van der Waals surface area contributed by atoms with Crippen molar-refractivity contribution in [2.24, 2.45) is 7.05 Å². The number of hydrogen-bond acceptors (Lipinski definition) is 3. The fraction of sp³-hybridized carbons (Fsp3) is 0.308. The highest BCUT2D eigenvalue weighted by atomic mass is 79.9. The summed E-state index contributed by atoms with van der Waals surface area (Å²) in [5.74, 6) is 0.566. The number of aryl methyl sites for hydroxylation is 2. The van der Waals surface area contributed by atoms with Crippen molar-refractivity contribution >= 4 is 27.8 Å². The van der Waals surface area contributed by atoms with Gasteiger partial charge in [0, 0.05) is 36.5 Å². The fourth-order valence-corrected chi connectivity index (χ4v) is 2.21. The molecule has 0 saturated heterocycles. The summed E-state index contributed by atoms with van der Waals surface area (Å²) in [6, 6.07) is 1.70. The summed E-state index contributed by atoms with van der Waals surface area (Å²) in [5.41, 5.74) is 1.88. The summed E-state index contributed by atoms with van der Waals surface area (Å²) in [5, 5.41) is 6.87. The van der Waals surface area contributed by atoms with Crippen LogP contribution in [-0.2, 0) is 13.6 Å². The van der Waals surface area contributed by atoms with Crippen LogP contribution < -0.4 is 5.32 Å². The molecule has 0 radical (unpaired) electrons. The zero-order valence-corrected chi connectivity index (χ0v) is 13.2. The first-order valence-corrected chi connectivity index (χ1v) is 6.87. The average molecular weight is 338 g/mol. The Labute approximate surface area is 125 Å². The molecule has 0 aliphatic heterocycles. The third-order valence-electron chi connectivity index (χ3n) is 2.80. The van der Waals surface area contributed by atoms with Crippen molar-refractivity contribution in [3.05, 3.63) is 40.3 Å². The normalized spacial score (nSPS) is 10.4. The number of carbonyl (C=O) groups excluding carboxylic acids is 1. The number of aromatic nitrogens is 3. The maximum atomic E-state index is 12.1. The molecule has 2 amide bonds. The van der Waals surface area contributed by atoms with Crippen LogP contribution in [0.25, 0.3) is 0 Å². The SMILES string of the molecule is Cc1cc(Br)cnc1NC(=O)N(C)Cc1cnn(C)c1. The van der Waals surface area contributed by atoms with E-state index in [0.717, 1.165) is 15.6 Å². The largest absolute Gasteiger partial charge is 0.323 e. The number of halogens is 1. The van der Waals surface area contributed by atoms with Gasteiger partial charge in [-0.3, -0.25) is 10.00 Å². The van der Waals surface area contributed by atoms with E-state index in [0.29, 0.717) is 12.4 Å². The van der Waals surface area contributed by atoms with Crippen LogP contribution in [0.4, 0.5) is 10.6 Å². The Bertz CT molecular complexity index is 625. The number of rotatable bonds is 3. The molecule has 1 N–H and O–H groups in total. The Balaban J connectivity index is 2.00. The third kappa shape index (κ3) is 3.57. The van der Waals surface area contributed by atoms with E-state index in [1.54, 1.807) is 29.0 Å². The van der Waals surface area contributed by atoms with E-state index in [1.807, 2.05) is 26.2 Å². The van der Waals surface area contributed by atoms with Crippen LogP contribution >= 0.6 is 15.9 Å². The second-order valence-electron chi connectivity index (χ2n) is 4.63. The first-order chi connectivity index (χ1) is 9.45. The number of anilines is 1. The van der Waals surface area contributed by atoms with Gasteiger partial charge in [0.15, 0.2) is 0 Å². The highest BCUT2D eigenvalue weighted by Gasteiger charge is 2.12. The van der Waals surface area contributed by atoms with Gasteiger partial charge in [-0.2, -0.15) is 5.10 Å². The van der Waals surface area contributed by atoms with Gasteiger partial charge in [-0.15, -0.1) is 0 Å². The topological polar surface area (TPSA) is 63.1 Å². The van der Waals surface area contributed by atoms with Gasteiger partial charge in [0.25, 0.3) is 0 Å². The van der Waals surface area contributed by atoms with Gasteiger partial charge in [0.2, 0.25) is 0 Å². The molecule has 2 heterocycles. The number of urea groups is 1. The Morgan fingerprint density at radius 1 is 1.50 bits per heavy atom.